The highest BCUT2D eigenvalue weighted by Gasteiger charge is 2.27. The number of nitrogens with one attached hydrogen (secondary N) is 1. The molecule has 28 heavy (non-hydrogen) atoms. The molecule has 3 aromatic rings. The lowest BCUT2D eigenvalue weighted by atomic mass is 9.95. The van der Waals surface area contributed by atoms with E-state index in [0.717, 1.165) is 54.3 Å². The Morgan fingerprint density at radius 2 is 2.00 bits per heavy atom. The van der Waals surface area contributed by atoms with Crippen LogP contribution in [0.25, 0.3) is 10.3 Å². The van der Waals surface area contributed by atoms with Gasteiger partial charge in [0.2, 0.25) is 5.91 Å². The van der Waals surface area contributed by atoms with Gasteiger partial charge in [-0.05, 0) is 50.3 Å². The highest BCUT2D eigenvalue weighted by Crippen LogP contribution is 2.30. The predicted molar refractivity (Wildman–Crippen MR) is 115 cm³/mol. The van der Waals surface area contributed by atoms with E-state index in [4.69, 9.17) is 0 Å². The van der Waals surface area contributed by atoms with E-state index in [0.29, 0.717) is 0 Å². The first-order chi connectivity index (χ1) is 13.7. The molecule has 0 saturated carbocycles. The zero-order chi connectivity index (χ0) is 19.3. The van der Waals surface area contributed by atoms with E-state index in [1.165, 1.54) is 5.56 Å². The van der Waals surface area contributed by atoms with Gasteiger partial charge < -0.3 is 10.2 Å². The SMILES string of the molecule is C[C@@H](CCc1ccccc1)NC(=O)C1CCN(c2nc3cccnc3s2)CC1. The highest BCUT2D eigenvalue weighted by atomic mass is 32.1. The van der Waals surface area contributed by atoms with E-state index >= 15 is 0 Å². The second kappa shape index (κ2) is 8.69. The summed E-state index contributed by atoms with van der Waals surface area (Å²) in [6, 6.07) is 14.6. The Morgan fingerprint density at radius 3 is 2.75 bits per heavy atom. The molecule has 0 bridgehead atoms. The second-order valence-corrected chi connectivity index (χ2v) is 8.48. The summed E-state index contributed by atoms with van der Waals surface area (Å²) in [4.78, 5) is 25.0. The van der Waals surface area contributed by atoms with E-state index in [1.54, 1.807) is 17.5 Å². The predicted octanol–water partition coefficient (Wildman–Crippen LogP) is 4.05. The molecule has 1 N–H and O–H groups in total. The lowest BCUT2D eigenvalue weighted by Gasteiger charge is -2.31. The maximum atomic E-state index is 12.7. The summed E-state index contributed by atoms with van der Waals surface area (Å²) in [6.07, 6.45) is 5.51. The zero-order valence-corrected chi connectivity index (χ0v) is 17.0. The third kappa shape index (κ3) is 4.50. The van der Waals surface area contributed by atoms with Crippen molar-refractivity contribution >= 4 is 32.7 Å². The number of aromatic nitrogens is 2. The van der Waals surface area contributed by atoms with Crippen LogP contribution >= 0.6 is 11.3 Å². The fourth-order valence-corrected chi connectivity index (χ4v) is 4.65. The summed E-state index contributed by atoms with van der Waals surface area (Å²) in [6.45, 7) is 3.84. The first-order valence-electron chi connectivity index (χ1n) is 10.00. The minimum absolute atomic E-state index is 0.0999. The maximum Gasteiger partial charge on any atom is 0.223 e. The van der Waals surface area contributed by atoms with Crippen molar-refractivity contribution in [1.29, 1.82) is 0 Å². The van der Waals surface area contributed by atoms with Crippen LogP contribution in [0, 0.1) is 5.92 Å². The van der Waals surface area contributed by atoms with Crippen LogP contribution in [0.2, 0.25) is 0 Å². The second-order valence-electron chi connectivity index (χ2n) is 7.52. The van der Waals surface area contributed by atoms with Gasteiger partial charge in [0.1, 0.15) is 10.3 Å². The molecule has 1 fully saturated rings. The molecular weight excluding hydrogens is 368 g/mol. The number of thiazole rings is 1. The molecule has 1 saturated heterocycles. The van der Waals surface area contributed by atoms with Crippen LogP contribution in [0.5, 0.6) is 0 Å². The number of amides is 1. The van der Waals surface area contributed by atoms with Crippen LogP contribution in [0.4, 0.5) is 5.13 Å². The summed E-state index contributed by atoms with van der Waals surface area (Å²) in [7, 11) is 0. The van der Waals surface area contributed by atoms with Gasteiger partial charge in [-0.2, -0.15) is 0 Å². The van der Waals surface area contributed by atoms with Gasteiger partial charge in [-0.15, -0.1) is 0 Å². The normalized spacial score (nSPS) is 16.2. The Balaban J connectivity index is 1.25. The van der Waals surface area contributed by atoms with Gasteiger partial charge in [0.15, 0.2) is 5.13 Å². The number of piperidine rings is 1. The van der Waals surface area contributed by atoms with Crippen molar-refractivity contribution in [3.05, 3.63) is 54.2 Å². The molecule has 0 unspecified atom stereocenters. The number of fused-ring (bicyclic) bond motifs is 1. The number of aryl methyl sites for hydroxylation is 1. The van der Waals surface area contributed by atoms with Crippen LogP contribution in [-0.2, 0) is 11.2 Å². The summed E-state index contributed by atoms with van der Waals surface area (Å²) < 4.78 is 0. The van der Waals surface area contributed by atoms with Crippen LogP contribution in [0.3, 0.4) is 0 Å². The number of anilines is 1. The van der Waals surface area contributed by atoms with Gasteiger partial charge in [-0.25, -0.2) is 9.97 Å². The molecule has 1 atom stereocenters. The Morgan fingerprint density at radius 1 is 1.21 bits per heavy atom. The highest BCUT2D eigenvalue weighted by molar-refractivity contribution is 7.21. The van der Waals surface area contributed by atoms with E-state index in [9.17, 15) is 4.79 Å². The molecule has 146 valence electrons. The van der Waals surface area contributed by atoms with Crippen molar-refractivity contribution in [3.63, 3.8) is 0 Å². The molecule has 0 aliphatic carbocycles. The van der Waals surface area contributed by atoms with Crippen molar-refractivity contribution < 1.29 is 4.79 Å². The van der Waals surface area contributed by atoms with Gasteiger partial charge in [-0.1, -0.05) is 41.7 Å². The van der Waals surface area contributed by atoms with E-state index in [1.807, 2.05) is 18.2 Å². The van der Waals surface area contributed by atoms with Crippen molar-refractivity contribution in [1.82, 2.24) is 15.3 Å². The quantitative estimate of drug-likeness (QED) is 0.685. The Labute approximate surface area is 169 Å². The van der Waals surface area contributed by atoms with E-state index in [-0.39, 0.29) is 17.9 Å². The van der Waals surface area contributed by atoms with Gasteiger partial charge in [0.05, 0.1) is 0 Å². The molecule has 1 aliphatic heterocycles. The van der Waals surface area contributed by atoms with Crippen molar-refractivity contribution in [2.45, 2.75) is 38.6 Å². The fraction of sp³-hybridized carbons (Fsp3) is 0.409. The first kappa shape index (κ1) is 18.9. The Bertz CT molecular complexity index is 885. The molecular formula is C22H26N4OS. The molecule has 0 spiro atoms. The summed E-state index contributed by atoms with van der Waals surface area (Å²) in [5.74, 6) is 0.300. The lowest BCUT2D eigenvalue weighted by molar-refractivity contribution is -0.126. The van der Waals surface area contributed by atoms with Gasteiger partial charge in [-0.3, -0.25) is 4.79 Å². The number of benzene rings is 1. The van der Waals surface area contributed by atoms with Gasteiger partial charge >= 0.3 is 0 Å². The molecule has 0 radical (unpaired) electrons. The van der Waals surface area contributed by atoms with Crippen LogP contribution in [0.1, 0.15) is 31.7 Å². The van der Waals surface area contributed by atoms with E-state index in [2.05, 4.69) is 51.4 Å². The fourth-order valence-electron chi connectivity index (χ4n) is 3.69. The number of hydrogen-bond acceptors (Lipinski definition) is 5. The number of rotatable bonds is 6. The Hall–Kier alpha value is -2.47. The molecule has 1 amide bonds. The summed E-state index contributed by atoms with van der Waals surface area (Å²) in [5.41, 5.74) is 2.27. The number of pyridine rings is 1. The standard InChI is InChI=1S/C22H26N4OS/c1-16(9-10-17-6-3-2-4-7-17)24-20(27)18-11-14-26(15-12-18)22-25-19-8-5-13-23-21(19)28-22/h2-8,13,16,18H,9-12,14-15H2,1H3,(H,24,27)/t16-/m0/s1. The average Bonchev–Trinajstić information content (AvgIpc) is 3.17. The monoisotopic (exact) mass is 394 g/mol. The first-order valence-corrected chi connectivity index (χ1v) is 10.8. The number of carbonyl (C=O) groups excluding carboxylic acids is 1. The molecule has 5 nitrogen and oxygen atoms in total. The summed E-state index contributed by atoms with van der Waals surface area (Å²) >= 11 is 1.63. The lowest BCUT2D eigenvalue weighted by Crippen LogP contribution is -2.43. The average molecular weight is 395 g/mol. The molecule has 4 rings (SSSR count). The molecule has 6 heteroatoms. The minimum atomic E-state index is 0.0999. The molecule has 2 aromatic heterocycles. The number of carbonyl (C=O) groups is 1. The van der Waals surface area contributed by atoms with Crippen LogP contribution < -0.4 is 10.2 Å². The molecule has 3 heterocycles. The number of nitrogens with zero attached hydrogens (tertiary/aromatic N) is 3. The topological polar surface area (TPSA) is 58.1 Å². The summed E-state index contributed by atoms with van der Waals surface area (Å²) in [5, 5.41) is 4.23. The smallest absolute Gasteiger partial charge is 0.223 e. The third-order valence-electron chi connectivity index (χ3n) is 5.39. The van der Waals surface area contributed by atoms with Crippen molar-refractivity contribution in [2.75, 3.05) is 18.0 Å². The third-order valence-corrected chi connectivity index (χ3v) is 6.43. The van der Waals surface area contributed by atoms with E-state index < -0.39 is 0 Å². The van der Waals surface area contributed by atoms with Gasteiger partial charge in [0, 0.05) is 31.2 Å². The van der Waals surface area contributed by atoms with Gasteiger partial charge in [0.25, 0.3) is 0 Å². The van der Waals surface area contributed by atoms with Crippen LogP contribution in [-0.4, -0.2) is 35.0 Å². The maximum absolute atomic E-state index is 12.7. The molecule has 1 aromatic carbocycles. The number of hydrogen-bond donors (Lipinski definition) is 1. The van der Waals surface area contributed by atoms with Crippen molar-refractivity contribution in [2.24, 2.45) is 5.92 Å². The Kier molecular flexibility index (Phi) is 5.86. The largest absolute Gasteiger partial charge is 0.353 e. The van der Waals surface area contributed by atoms with Crippen LogP contribution in [0.15, 0.2) is 48.7 Å². The zero-order valence-electron chi connectivity index (χ0n) is 16.2. The van der Waals surface area contributed by atoms with Crippen molar-refractivity contribution in [3.8, 4) is 0 Å². The molecule has 1 aliphatic rings. The minimum Gasteiger partial charge on any atom is -0.353 e.